The number of carbonyl (C=O) groups is 1. The van der Waals surface area contributed by atoms with Crippen molar-refractivity contribution in [3.8, 4) is 5.88 Å². The molecule has 17 heavy (non-hydrogen) atoms. The van der Waals surface area contributed by atoms with Crippen LogP contribution in [0.5, 0.6) is 5.88 Å². The second kappa shape index (κ2) is 6.45. The number of hydrogen-bond donors (Lipinski definition) is 1. The van der Waals surface area contributed by atoms with Crippen molar-refractivity contribution < 1.29 is 14.6 Å². The van der Waals surface area contributed by atoms with Gasteiger partial charge in [0.15, 0.2) is 0 Å². The summed E-state index contributed by atoms with van der Waals surface area (Å²) in [7, 11) is 0. The standard InChI is InChI=1S/C12H16ClNO3/c1-3-4-8(2)7-17-11-6-9(12(15)16)5-10(13)14-11/h5-6,8H,3-4,7H2,1-2H3,(H,15,16). The van der Waals surface area contributed by atoms with E-state index in [1.807, 2.05) is 0 Å². The number of carboxylic acids is 1. The molecule has 0 amide bonds. The lowest BCUT2D eigenvalue weighted by Crippen LogP contribution is -2.09. The summed E-state index contributed by atoms with van der Waals surface area (Å²) in [5.41, 5.74) is 0.0862. The summed E-state index contributed by atoms with van der Waals surface area (Å²) in [5.74, 6) is -0.368. The van der Waals surface area contributed by atoms with E-state index in [9.17, 15) is 4.79 Å². The summed E-state index contributed by atoms with van der Waals surface area (Å²) < 4.78 is 5.43. The van der Waals surface area contributed by atoms with Gasteiger partial charge in [0.2, 0.25) is 5.88 Å². The Balaban J connectivity index is 2.68. The molecule has 0 aliphatic rings. The normalized spacial score (nSPS) is 12.2. The Hall–Kier alpha value is -1.29. The molecule has 4 nitrogen and oxygen atoms in total. The molecule has 0 spiro atoms. The minimum Gasteiger partial charge on any atom is -0.478 e. The molecule has 5 heteroatoms. The first kappa shape index (κ1) is 13.8. The van der Waals surface area contributed by atoms with Crippen molar-refractivity contribution in [3.63, 3.8) is 0 Å². The molecule has 1 aromatic rings. The van der Waals surface area contributed by atoms with Crippen LogP contribution < -0.4 is 4.74 Å². The monoisotopic (exact) mass is 257 g/mol. The average Bonchev–Trinajstić information content (AvgIpc) is 2.26. The maximum Gasteiger partial charge on any atom is 0.335 e. The lowest BCUT2D eigenvalue weighted by atomic mass is 10.1. The Morgan fingerprint density at radius 1 is 1.59 bits per heavy atom. The number of ether oxygens (including phenoxy) is 1. The Morgan fingerprint density at radius 2 is 2.29 bits per heavy atom. The quantitative estimate of drug-likeness (QED) is 0.795. The van der Waals surface area contributed by atoms with Crippen LogP contribution in [0.15, 0.2) is 12.1 Å². The first-order valence-corrected chi connectivity index (χ1v) is 5.94. The topological polar surface area (TPSA) is 59.4 Å². The van der Waals surface area contributed by atoms with Gasteiger partial charge in [0.25, 0.3) is 0 Å². The molecule has 0 aliphatic carbocycles. The molecule has 0 radical (unpaired) electrons. The molecule has 0 bridgehead atoms. The van der Waals surface area contributed by atoms with Gasteiger partial charge < -0.3 is 9.84 Å². The van der Waals surface area contributed by atoms with E-state index >= 15 is 0 Å². The molecule has 0 saturated carbocycles. The van der Waals surface area contributed by atoms with E-state index in [0.717, 1.165) is 12.8 Å². The fraction of sp³-hybridized carbons (Fsp3) is 0.500. The first-order chi connectivity index (χ1) is 8.02. The zero-order valence-corrected chi connectivity index (χ0v) is 10.7. The number of halogens is 1. The van der Waals surface area contributed by atoms with E-state index in [0.29, 0.717) is 12.5 Å². The first-order valence-electron chi connectivity index (χ1n) is 5.56. The molecule has 0 saturated heterocycles. The van der Waals surface area contributed by atoms with Gasteiger partial charge in [-0.2, -0.15) is 0 Å². The van der Waals surface area contributed by atoms with Crippen molar-refractivity contribution in [2.45, 2.75) is 26.7 Å². The largest absolute Gasteiger partial charge is 0.478 e. The van der Waals surface area contributed by atoms with Gasteiger partial charge in [-0.3, -0.25) is 0 Å². The molecule has 0 aliphatic heterocycles. The fourth-order valence-electron chi connectivity index (χ4n) is 1.47. The molecule has 94 valence electrons. The summed E-state index contributed by atoms with van der Waals surface area (Å²) in [5, 5.41) is 8.98. The van der Waals surface area contributed by atoms with Crippen molar-refractivity contribution in [2.24, 2.45) is 5.92 Å². The highest BCUT2D eigenvalue weighted by Gasteiger charge is 2.09. The molecule has 1 N–H and O–H groups in total. The van der Waals surface area contributed by atoms with Gasteiger partial charge in [-0.15, -0.1) is 0 Å². The molecule has 1 unspecified atom stereocenters. The van der Waals surface area contributed by atoms with Crippen LogP contribution in [-0.4, -0.2) is 22.7 Å². The van der Waals surface area contributed by atoms with E-state index in [-0.39, 0.29) is 16.6 Å². The number of aromatic carboxylic acids is 1. The molecular formula is C12H16ClNO3. The van der Waals surface area contributed by atoms with Gasteiger partial charge in [-0.1, -0.05) is 31.9 Å². The van der Waals surface area contributed by atoms with Crippen molar-refractivity contribution in [1.29, 1.82) is 0 Å². The number of rotatable bonds is 6. The molecule has 1 atom stereocenters. The van der Waals surface area contributed by atoms with Gasteiger partial charge in [-0.25, -0.2) is 9.78 Å². The van der Waals surface area contributed by atoms with Crippen LogP contribution in [0.3, 0.4) is 0 Å². The number of carboxylic acid groups (broad SMARTS) is 1. The summed E-state index contributed by atoms with van der Waals surface area (Å²) in [6, 6.07) is 2.68. The number of nitrogens with zero attached hydrogens (tertiary/aromatic N) is 1. The van der Waals surface area contributed by atoms with Crippen LogP contribution in [0, 0.1) is 5.92 Å². The lowest BCUT2D eigenvalue weighted by Gasteiger charge is -2.11. The zero-order chi connectivity index (χ0) is 12.8. The molecule has 0 fully saturated rings. The summed E-state index contributed by atoms with van der Waals surface area (Å²) >= 11 is 5.72. The Labute approximate surface area is 106 Å². The number of pyridine rings is 1. The number of aromatic nitrogens is 1. The minimum absolute atomic E-state index is 0.0862. The predicted molar refractivity (Wildman–Crippen MR) is 65.8 cm³/mol. The van der Waals surface area contributed by atoms with Crippen molar-refractivity contribution in [3.05, 3.63) is 22.8 Å². The third-order valence-corrected chi connectivity index (χ3v) is 2.51. The second-order valence-corrected chi connectivity index (χ2v) is 4.41. The van der Waals surface area contributed by atoms with Crippen LogP contribution in [0.4, 0.5) is 0 Å². The Bertz CT molecular complexity index is 395. The maximum atomic E-state index is 10.8. The van der Waals surface area contributed by atoms with Gasteiger partial charge in [-0.05, 0) is 18.4 Å². The third-order valence-electron chi connectivity index (χ3n) is 2.31. The van der Waals surface area contributed by atoms with Gasteiger partial charge in [0, 0.05) is 6.07 Å². The molecule has 1 aromatic heterocycles. The van der Waals surface area contributed by atoms with Crippen LogP contribution >= 0.6 is 11.6 Å². The fourth-order valence-corrected chi connectivity index (χ4v) is 1.67. The molecular weight excluding hydrogens is 242 g/mol. The summed E-state index contributed by atoms with van der Waals surface area (Å²) in [6.07, 6.45) is 2.15. The molecule has 1 rings (SSSR count). The lowest BCUT2D eigenvalue weighted by molar-refractivity contribution is 0.0696. The van der Waals surface area contributed by atoms with Crippen LogP contribution in [-0.2, 0) is 0 Å². The van der Waals surface area contributed by atoms with E-state index in [1.54, 1.807) is 0 Å². The smallest absolute Gasteiger partial charge is 0.335 e. The summed E-state index contributed by atoms with van der Waals surface area (Å²) in [6.45, 7) is 4.70. The van der Waals surface area contributed by atoms with Crippen molar-refractivity contribution >= 4 is 17.6 Å². The third kappa shape index (κ3) is 4.61. The predicted octanol–water partition coefficient (Wildman–Crippen LogP) is 3.25. The SMILES string of the molecule is CCCC(C)COc1cc(C(=O)O)cc(Cl)n1. The van der Waals surface area contributed by atoms with Gasteiger partial charge in [0.1, 0.15) is 5.15 Å². The highest BCUT2D eigenvalue weighted by atomic mass is 35.5. The second-order valence-electron chi connectivity index (χ2n) is 4.03. The number of hydrogen-bond acceptors (Lipinski definition) is 3. The zero-order valence-electron chi connectivity index (χ0n) is 9.94. The van der Waals surface area contributed by atoms with E-state index in [4.69, 9.17) is 21.4 Å². The van der Waals surface area contributed by atoms with E-state index in [2.05, 4.69) is 18.8 Å². The van der Waals surface area contributed by atoms with E-state index in [1.165, 1.54) is 12.1 Å². The van der Waals surface area contributed by atoms with Crippen LogP contribution in [0.2, 0.25) is 5.15 Å². The van der Waals surface area contributed by atoms with Gasteiger partial charge in [0.05, 0.1) is 12.2 Å². The van der Waals surface area contributed by atoms with Crippen LogP contribution in [0.1, 0.15) is 37.0 Å². The average molecular weight is 258 g/mol. The van der Waals surface area contributed by atoms with E-state index < -0.39 is 5.97 Å². The van der Waals surface area contributed by atoms with Crippen LogP contribution in [0.25, 0.3) is 0 Å². The maximum absolute atomic E-state index is 10.8. The minimum atomic E-state index is -1.04. The van der Waals surface area contributed by atoms with Crippen molar-refractivity contribution in [1.82, 2.24) is 4.98 Å². The highest BCUT2D eigenvalue weighted by molar-refractivity contribution is 6.29. The summed E-state index contributed by atoms with van der Waals surface area (Å²) in [4.78, 5) is 14.7. The Kier molecular flexibility index (Phi) is 5.22. The molecule has 0 aromatic carbocycles. The van der Waals surface area contributed by atoms with Gasteiger partial charge >= 0.3 is 5.97 Å². The highest BCUT2D eigenvalue weighted by Crippen LogP contribution is 2.17. The van der Waals surface area contributed by atoms with Crippen molar-refractivity contribution in [2.75, 3.05) is 6.61 Å². The molecule has 1 heterocycles. The Morgan fingerprint density at radius 3 is 2.88 bits per heavy atom.